The molecule has 22 heavy (non-hydrogen) atoms. The van der Waals surface area contributed by atoms with Gasteiger partial charge in [0.1, 0.15) is 5.75 Å². The second kappa shape index (κ2) is 7.32. The predicted octanol–water partition coefficient (Wildman–Crippen LogP) is 3.51. The third-order valence-electron chi connectivity index (χ3n) is 4.30. The summed E-state index contributed by atoms with van der Waals surface area (Å²) in [6.45, 7) is 6.53. The van der Waals surface area contributed by atoms with Crippen molar-refractivity contribution in [1.82, 2.24) is 9.80 Å². The molecule has 2 aromatic carbocycles. The van der Waals surface area contributed by atoms with Crippen LogP contribution in [0.4, 0.5) is 0 Å². The topological polar surface area (TPSA) is 15.7 Å². The van der Waals surface area contributed by atoms with E-state index in [-0.39, 0.29) is 0 Å². The van der Waals surface area contributed by atoms with Crippen molar-refractivity contribution >= 4 is 22.4 Å². The molecular formula is C18H23ClN2O. The van der Waals surface area contributed by atoms with Crippen LogP contribution >= 0.6 is 11.6 Å². The highest BCUT2D eigenvalue weighted by molar-refractivity contribution is 6.35. The first-order valence-corrected chi connectivity index (χ1v) is 8.33. The molecule has 1 heterocycles. The van der Waals surface area contributed by atoms with Gasteiger partial charge < -0.3 is 14.5 Å². The zero-order valence-corrected chi connectivity index (χ0v) is 13.9. The standard InChI is InChI=1S/C18H23ClN2O/c1-20-10-12-21(13-11-20)9-4-14-22-18-8-7-17(19)15-5-2-3-6-16(15)18/h2-3,5-8H,4,9-14H2,1H3. The second-order valence-corrected chi connectivity index (χ2v) is 6.35. The van der Waals surface area contributed by atoms with Crippen LogP contribution in [-0.2, 0) is 0 Å². The molecule has 0 saturated carbocycles. The molecule has 0 spiro atoms. The third-order valence-corrected chi connectivity index (χ3v) is 4.63. The number of halogens is 1. The van der Waals surface area contributed by atoms with Crippen LogP contribution in [0.3, 0.4) is 0 Å². The van der Waals surface area contributed by atoms with Crippen molar-refractivity contribution in [3.63, 3.8) is 0 Å². The van der Waals surface area contributed by atoms with Gasteiger partial charge in [-0.2, -0.15) is 0 Å². The summed E-state index contributed by atoms with van der Waals surface area (Å²) in [5.41, 5.74) is 0. The van der Waals surface area contributed by atoms with Crippen molar-refractivity contribution in [2.24, 2.45) is 0 Å². The highest BCUT2D eigenvalue weighted by Crippen LogP contribution is 2.31. The molecule has 1 fully saturated rings. The number of hydrogen-bond donors (Lipinski definition) is 0. The van der Waals surface area contributed by atoms with Gasteiger partial charge in [-0.05, 0) is 25.6 Å². The number of fused-ring (bicyclic) bond motifs is 1. The molecule has 0 amide bonds. The van der Waals surface area contributed by atoms with Crippen molar-refractivity contribution in [1.29, 1.82) is 0 Å². The van der Waals surface area contributed by atoms with Crippen LogP contribution in [0.15, 0.2) is 36.4 Å². The minimum atomic E-state index is 0.748. The van der Waals surface area contributed by atoms with Crippen LogP contribution in [0.1, 0.15) is 6.42 Å². The van der Waals surface area contributed by atoms with E-state index in [2.05, 4.69) is 22.9 Å². The Morgan fingerprint density at radius 3 is 2.50 bits per heavy atom. The van der Waals surface area contributed by atoms with Gasteiger partial charge in [0, 0.05) is 48.5 Å². The van der Waals surface area contributed by atoms with E-state index in [1.165, 1.54) is 26.2 Å². The zero-order chi connectivity index (χ0) is 15.4. The Balaban J connectivity index is 1.53. The molecular weight excluding hydrogens is 296 g/mol. The van der Waals surface area contributed by atoms with E-state index < -0.39 is 0 Å². The summed E-state index contributed by atoms with van der Waals surface area (Å²) >= 11 is 6.24. The fraction of sp³-hybridized carbons (Fsp3) is 0.444. The molecule has 4 heteroatoms. The van der Waals surface area contributed by atoms with Crippen molar-refractivity contribution in [2.45, 2.75) is 6.42 Å². The fourth-order valence-electron chi connectivity index (χ4n) is 2.90. The Morgan fingerprint density at radius 2 is 1.73 bits per heavy atom. The Kier molecular flexibility index (Phi) is 5.19. The number of rotatable bonds is 5. The Morgan fingerprint density at radius 1 is 1.00 bits per heavy atom. The minimum absolute atomic E-state index is 0.748. The third kappa shape index (κ3) is 3.72. The van der Waals surface area contributed by atoms with Crippen LogP contribution in [-0.4, -0.2) is 56.2 Å². The monoisotopic (exact) mass is 318 g/mol. The van der Waals surface area contributed by atoms with Gasteiger partial charge in [-0.15, -0.1) is 0 Å². The summed E-state index contributed by atoms with van der Waals surface area (Å²) < 4.78 is 5.99. The van der Waals surface area contributed by atoms with Crippen LogP contribution in [0.5, 0.6) is 5.75 Å². The molecule has 0 aliphatic carbocycles. The molecule has 0 atom stereocenters. The average Bonchev–Trinajstić information content (AvgIpc) is 2.55. The maximum Gasteiger partial charge on any atom is 0.127 e. The molecule has 0 unspecified atom stereocenters. The van der Waals surface area contributed by atoms with Crippen molar-refractivity contribution in [2.75, 3.05) is 46.4 Å². The fourth-order valence-corrected chi connectivity index (χ4v) is 3.13. The van der Waals surface area contributed by atoms with E-state index >= 15 is 0 Å². The normalized spacial score (nSPS) is 17.0. The number of ether oxygens (including phenoxy) is 1. The SMILES string of the molecule is CN1CCN(CCCOc2ccc(Cl)c3ccccc23)CC1. The summed E-state index contributed by atoms with van der Waals surface area (Å²) in [4.78, 5) is 4.90. The van der Waals surface area contributed by atoms with E-state index in [0.29, 0.717) is 0 Å². The van der Waals surface area contributed by atoms with Gasteiger partial charge in [0.25, 0.3) is 0 Å². The first-order valence-electron chi connectivity index (χ1n) is 7.95. The molecule has 0 N–H and O–H groups in total. The predicted molar refractivity (Wildman–Crippen MR) is 93.0 cm³/mol. The summed E-state index contributed by atoms with van der Waals surface area (Å²) in [7, 11) is 2.19. The largest absolute Gasteiger partial charge is 0.493 e. The number of nitrogens with zero attached hydrogens (tertiary/aromatic N) is 2. The van der Waals surface area contributed by atoms with Crippen LogP contribution in [0.2, 0.25) is 5.02 Å². The van der Waals surface area contributed by atoms with E-state index in [0.717, 1.165) is 41.1 Å². The Hall–Kier alpha value is -1.29. The minimum Gasteiger partial charge on any atom is -0.493 e. The number of benzene rings is 2. The quantitative estimate of drug-likeness (QED) is 0.785. The summed E-state index contributed by atoms with van der Waals surface area (Å²) in [6.07, 6.45) is 1.06. The molecule has 0 radical (unpaired) electrons. The van der Waals surface area contributed by atoms with Gasteiger partial charge in [-0.25, -0.2) is 0 Å². The van der Waals surface area contributed by atoms with E-state index in [1.54, 1.807) is 0 Å². The summed E-state index contributed by atoms with van der Waals surface area (Å²) in [6, 6.07) is 12.0. The molecule has 2 aromatic rings. The summed E-state index contributed by atoms with van der Waals surface area (Å²) in [5.74, 6) is 0.929. The lowest BCUT2D eigenvalue weighted by atomic mass is 10.1. The van der Waals surface area contributed by atoms with Crippen molar-refractivity contribution < 1.29 is 4.74 Å². The van der Waals surface area contributed by atoms with Gasteiger partial charge in [0.15, 0.2) is 0 Å². The molecule has 0 bridgehead atoms. The lowest BCUT2D eigenvalue weighted by molar-refractivity contribution is 0.145. The van der Waals surface area contributed by atoms with Gasteiger partial charge >= 0.3 is 0 Å². The molecule has 1 aliphatic rings. The van der Waals surface area contributed by atoms with E-state index in [1.807, 2.05) is 30.3 Å². The van der Waals surface area contributed by atoms with Gasteiger partial charge in [-0.1, -0.05) is 35.9 Å². The second-order valence-electron chi connectivity index (χ2n) is 5.94. The zero-order valence-electron chi connectivity index (χ0n) is 13.1. The first kappa shape index (κ1) is 15.6. The van der Waals surface area contributed by atoms with Gasteiger partial charge in [0.05, 0.1) is 6.61 Å². The van der Waals surface area contributed by atoms with Gasteiger partial charge in [-0.3, -0.25) is 0 Å². The van der Waals surface area contributed by atoms with Crippen molar-refractivity contribution in [3.8, 4) is 5.75 Å². The molecule has 1 aliphatic heterocycles. The van der Waals surface area contributed by atoms with Crippen LogP contribution < -0.4 is 4.74 Å². The number of piperazine rings is 1. The highest BCUT2D eigenvalue weighted by atomic mass is 35.5. The Labute approximate surface area is 137 Å². The molecule has 118 valence electrons. The van der Waals surface area contributed by atoms with Crippen LogP contribution in [0, 0.1) is 0 Å². The average molecular weight is 319 g/mol. The number of likely N-dealkylation sites (N-methyl/N-ethyl adjacent to an activating group) is 1. The van der Waals surface area contributed by atoms with E-state index in [4.69, 9.17) is 16.3 Å². The van der Waals surface area contributed by atoms with Crippen LogP contribution in [0.25, 0.3) is 10.8 Å². The maximum atomic E-state index is 6.24. The first-order chi connectivity index (χ1) is 10.7. The highest BCUT2D eigenvalue weighted by Gasteiger charge is 2.13. The maximum absolute atomic E-state index is 6.24. The molecule has 3 nitrogen and oxygen atoms in total. The van der Waals surface area contributed by atoms with Gasteiger partial charge in [0.2, 0.25) is 0 Å². The lowest BCUT2D eigenvalue weighted by Crippen LogP contribution is -2.44. The number of hydrogen-bond acceptors (Lipinski definition) is 3. The Bertz CT molecular complexity index is 624. The molecule has 0 aromatic heterocycles. The van der Waals surface area contributed by atoms with Crippen molar-refractivity contribution in [3.05, 3.63) is 41.4 Å². The smallest absolute Gasteiger partial charge is 0.127 e. The van der Waals surface area contributed by atoms with E-state index in [9.17, 15) is 0 Å². The molecule has 3 rings (SSSR count). The summed E-state index contributed by atoms with van der Waals surface area (Å²) in [5, 5.41) is 2.93. The molecule has 1 saturated heterocycles. The lowest BCUT2D eigenvalue weighted by Gasteiger charge is -2.32.